The van der Waals surface area contributed by atoms with E-state index in [2.05, 4.69) is 21.3 Å². The molecule has 1 aliphatic carbocycles. The Labute approximate surface area is 310 Å². The van der Waals surface area contributed by atoms with E-state index >= 15 is 0 Å². The standard InChI is InChI=1S/C39H52N6O8/c1-4-13-29(34(47)37(50)41-21-31(46)43-32(35(40)48)25-14-7-5-8-15-25)42-36(49)30-20-27-18-11-12-19-28(27)22-45(30)38(51)33(26-16-9-6-10-17-26)44-39(52)53-23-24(2)3/h5,7-8,11-12,14-15,18-19,24,26,29-30,32-33H,4,6,9-10,13,16-17,20-23H2,1-3H3,(H2,40,48)(H,41,50)(H,42,49)(H,43,46)(H,44,52)/t29?,30-,32?,33?/m0/s1. The maximum absolute atomic E-state index is 14.5. The normalized spacial score (nSPS) is 17.4. The van der Waals surface area contributed by atoms with E-state index in [1.54, 1.807) is 37.3 Å². The number of benzene rings is 2. The highest BCUT2D eigenvalue weighted by atomic mass is 16.5. The SMILES string of the molecule is CCCC(NC(=O)[C@@H]1Cc2ccccc2CN1C(=O)C(NC(=O)OCC(C)C)C1CCCCC1)C(=O)C(=O)NCC(=O)NC(C(N)=O)c1ccccc1. The van der Waals surface area contributed by atoms with Crippen LogP contribution in [0.2, 0.25) is 0 Å². The lowest BCUT2D eigenvalue weighted by atomic mass is 9.82. The van der Waals surface area contributed by atoms with E-state index < -0.39 is 72.1 Å². The Morgan fingerprint density at radius 3 is 2.17 bits per heavy atom. The molecule has 0 saturated heterocycles. The summed E-state index contributed by atoms with van der Waals surface area (Å²) < 4.78 is 5.38. The Balaban J connectivity index is 1.49. The summed E-state index contributed by atoms with van der Waals surface area (Å²) in [7, 11) is 0. The maximum Gasteiger partial charge on any atom is 0.407 e. The van der Waals surface area contributed by atoms with Crippen molar-refractivity contribution in [2.75, 3.05) is 13.2 Å². The van der Waals surface area contributed by atoms with E-state index in [-0.39, 0.29) is 37.8 Å². The van der Waals surface area contributed by atoms with Gasteiger partial charge in [-0.25, -0.2) is 4.79 Å². The number of fused-ring (bicyclic) bond motifs is 1. The van der Waals surface area contributed by atoms with Crippen molar-refractivity contribution in [3.8, 4) is 0 Å². The maximum atomic E-state index is 14.5. The van der Waals surface area contributed by atoms with Crippen molar-refractivity contribution in [3.63, 3.8) is 0 Å². The van der Waals surface area contributed by atoms with Crippen LogP contribution < -0.4 is 27.0 Å². The fourth-order valence-corrected chi connectivity index (χ4v) is 6.83. The van der Waals surface area contributed by atoms with Gasteiger partial charge in [0.15, 0.2) is 0 Å². The monoisotopic (exact) mass is 732 g/mol. The zero-order valence-corrected chi connectivity index (χ0v) is 30.7. The lowest BCUT2D eigenvalue weighted by Gasteiger charge is -2.40. The van der Waals surface area contributed by atoms with Crippen LogP contribution in [0.15, 0.2) is 54.6 Å². The predicted molar refractivity (Wildman–Crippen MR) is 196 cm³/mol. The van der Waals surface area contributed by atoms with Gasteiger partial charge in [-0.2, -0.15) is 0 Å². The number of Topliss-reactive ketones (excluding diaryl/α,β-unsaturated/α-hetero) is 1. The molecular weight excluding hydrogens is 680 g/mol. The number of nitrogens with zero attached hydrogens (tertiary/aromatic N) is 1. The summed E-state index contributed by atoms with van der Waals surface area (Å²) in [5.74, 6) is -4.71. The van der Waals surface area contributed by atoms with Gasteiger partial charge in [0.1, 0.15) is 18.1 Å². The van der Waals surface area contributed by atoms with Crippen molar-refractivity contribution in [1.82, 2.24) is 26.2 Å². The Hall–Kier alpha value is -5.27. The summed E-state index contributed by atoms with van der Waals surface area (Å²) in [6, 6.07) is 11.4. The summed E-state index contributed by atoms with van der Waals surface area (Å²) >= 11 is 0. The Kier molecular flexibility index (Phi) is 14.9. The molecule has 286 valence electrons. The highest BCUT2D eigenvalue weighted by molar-refractivity contribution is 6.38. The van der Waals surface area contributed by atoms with E-state index in [1.807, 2.05) is 38.1 Å². The lowest BCUT2D eigenvalue weighted by molar-refractivity contribution is -0.146. The quantitative estimate of drug-likeness (QED) is 0.162. The number of nitrogens with two attached hydrogens (primary N) is 1. The third-order valence-corrected chi connectivity index (χ3v) is 9.61. The number of primary amides is 1. The van der Waals surface area contributed by atoms with Crippen LogP contribution in [-0.4, -0.2) is 77.6 Å². The van der Waals surface area contributed by atoms with E-state index in [9.17, 15) is 33.6 Å². The van der Waals surface area contributed by atoms with Gasteiger partial charge in [0.05, 0.1) is 19.2 Å². The van der Waals surface area contributed by atoms with Crippen LogP contribution in [0.3, 0.4) is 0 Å². The minimum atomic E-state index is -1.24. The Bertz CT molecular complexity index is 1630. The highest BCUT2D eigenvalue weighted by Gasteiger charge is 2.42. The molecule has 0 spiro atoms. The summed E-state index contributed by atoms with van der Waals surface area (Å²) in [5.41, 5.74) is 7.64. The molecule has 1 heterocycles. The molecule has 14 heteroatoms. The molecule has 0 bridgehead atoms. The lowest BCUT2D eigenvalue weighted by Crippen LogP contribution is -2.61. The summed E-state index contributed by atoms with van der Waals surface area (Å²) in [6.07, 6.45) is 4.33. The van der Waals surface area contributed by atoms with Gasteiger partial charge in [0.2, 0.25) is 29.4 Å². The summed E-state index contributed by atoms with van der Waals surface area (Å²) in [5, 5.41) is 10.3. The molecule has 4 atom stereocenters. The Morgan fingerprint density at radius 1 is 0.868 bits per heavy atom. The molecule has 4 rings (SSSR count). The molecule has 2 aromatic rings. The smallest absolute Gasteiger partial charge is 0.407 e. The van der Waals surface area contributed by atoms with Crippen LogP contribution in [-0.2, 0) is 46.5 Å². The molecular formula is C39H52N6O8. The number of ether oxygens (including phenoxy) is 1. The molecule has 6 amide bonds. The molecule has 2 aliphatic rings. The third kappa shape index (κ3) is 11.4. The van der Waals surface area contributed by atoms with E-state index in [4.69, 9.17) is 10.5 Å². The molecule has 1 aliphatic heterocycles. The molecule has 53 heavy (non-hydrogen) atoms. The average molecular weight is 733 g/mol. The second-order valence-corrected chi connectivity index (χ2v) is 14.2. The fourth-order valence-electron chi connectivity index (χ4n) is 6.83. The second kappa shape index (κ2) is 19.5. The van der Waals surface area contributed by atoms with Crippen molar-refractivity contribution >= 4 is 41.4 Å². The highest BCUT2D eigenvalue weighted by Crippen LogP contribution is 2.31. The largest absolute Gasteiger partial charge is 0.449 e. The van der Waals surface area contributed by atoms with Crippen molar-refractivity contribution in [2.24, 2.45) is 17.6 Å². The average Bonchev–Trinajstić information content (AvgIpc) is 3.16. The molecule has 6 N–H and O–H groups in total. The first-order chi connectivity index (χ1) is 25.4. The minimum Gasteiger partial charge on any atom is -0.449 e. The first-order valence-corrected chi connectivity index (χ1v) is 18.5. The van der Waals surface area contributed by atoms with Crippen LogP contribution in [0.5, 0.6) is 0 Å². The zero-order chi connectivity index (χ0) is 38.5. The molecule has 0 radical (unpaired) electrons. The third-order valence-electron chi connectivity index (χ3n) is 9.61. The van der Waals surface area contributed by atoms with E-state index in [0.717, 1.165) is 43.2 Å². The molecule has 14 nitrogen and oxygen atoms in total. The molecule has 1 saturated carbocycles. The zero-order valence-electron chi connectivity index (χ0n) is 30.7. The first-order valence-electron chi connectivity index (χ1n) is 18.5. The van der Waals surface area contributed by atoms with Gasteiger partial charge >= 0.3 is 6.09 Å². The van der Waals surface area contributed by atoms with Gasteiger partial charge in [-0.1, -0.05) is 101 Å². The van der Waals surface area contributed by atoms with Crippen LogP contribution in [0.4, 0.5) is 4.79 Å². The number of nitrogens with one attached hydrogen (secondary N) is 4. The number of carbonyl (C=O) groups excluding carboxylic acids is 7. The van der Waals surface area contributed by atoms with E-state index in [0.29, 0.717) is 12.0 Å². The number of carbonyl (C=O) groups is 7. The molecule has 2 aromatic carbocycles. The molecule has 1 fully saturated rings. The number of rotatable bonds is 16. The van der Waals surface area contributed by atoms with Gasteiger partial charge in [-0.3, -0.25) is 28.8 Å². The summed E-state index contributed by atoms with van der Waals surface area (Å²) in [6.45, 7) is 5.29. The topological polar surface area (TPSA) is 206 Å². The van der Waals surface area contributed by atoms with Crippen LogP contribution in [0, 0.1) is 11.8 Å². The van der Waals surface area contributed by atoms with Gasteiger partial charge in [0, 0.05) is 13.0 Å². The summed E-state index contributed by atoms with van der Waals surface area (Å²) in [4.78, 5) is 94.0. The molecule has 0 aromatic heterocycles. The fraction of sp³-hybridized carbons (Fsp3) is 0.513. The minimum absolute atomic E-state index is 0.100. The number of hydrogen-bond donors (Lipinski definition) is 5. The molecule has 3 unspecified atom stereocenters. The second-order valence-electron chi connectivity index (χ2n) is 14.2. The predicted octanol–water partition coefficient (Wildman–Crippen LogP) is 2.58. The van der Waals surface area contributed by atoms with Gasteiger partial charge in [-0.05, 0) is 47.8 Å². The van der Waals surface area contributed by atoms with Gasteiger partial charge in [-0.15, -0.1) is 0 Å². The van der Waals surface area contributed by atoms with Crippen LogP contribution >= 0.6 is 0 Å². The number of hydrogen-bond acceptors (Lipinski definition) is 8. The van der Waals surface area contributed by atoms with Crippen molar-refractivity contribution in [2.45, 2.75) is 103 Å². The first kappa shape index (κ1) is 40.5. The number of amides is 6. The van der Waals surface area contributed by atoms with E-state index in [1.165, 1.54) is 4.90 Å². The van der Waals surface area contributed by atoms with Gasteiger partial charge < -0.3 is 36.6 Å². The van der Waals surface area contributed by atoms with Crippen LogP contribution in [0.25, 0.3) is 0 Å². The van der Waals surface area contributed by atoms with Gasteiger partial charge in [0.25, 0.3) is 5.91 Å². The van der Waals surface area contributed by atoms with Crippen molar-refractivity contribution in [3.05, 3.63) is 71.3 Å². The number of ketones is 1. The van der Waals surface area contributed by atoms with Crippen molar-refractivity contribution < 1.29 is 38.3 Å². The Morgan fingerprint density at radius 2 is 1.53 bits per heavy atom. The van der Waals surface area contributed by atoms with Crippen molar-refractivity contribution in [1.29, 1.82) is 0 Å². The van der Waals surface area contributed by atoms with Crippen LogP contribution in [0.1, 0.15) is 88.4 Å². The number of alkyl carbamates (subject to hydrolysis) is 1.